The molecule has 0 spiro atoms. The lowest BCUT2D eigenvalue weighted by Crippen LogP contribution is -1.51. The smallest absolute Gasteiger partial charge is 0.0412 e. The molecule has 1 nitrogen and oxygen atoms in total. The molecule has 0 aromatic heterocycles. The van der Waals surface area contributed by atoms with Gasteiger partial charge in [0.15, 0.2) is 0 Å². The van der Waals surface area contributed by atoms with Gasteiger partial charge in [-0.05, 0) is 6.54 Å². The minimum absolute atomic E-state index is 0.865. The average molecular weight is 68.1 g/mol. The first-order chi connectivity index (χ1) is 2.41. The summed E-state index contributed by atoms with van der Waals surface area (Å²) in [6, 6.07) is 0. The van der Waals surface area contributed by atoms with Gasteiger partial charge in [-0.1, -0.05) is 13.3 Å². The maximum atomic E-state index is 6.17. The fraction of sp³-hybridized carbons (Fsp3) is 0.500. The summed E-state index contributed by atoms with van der Waals surface area (Å²) in [4.78, 5) is 2.98. The first-order valence-electron chi connectivity index (χ1n) is 1.60. The van der Waals surface area contributed by atoms with Gasteiger partial charge in [0.25, 0.3) is 0 Å². The van der Waals surface area contributed by atoms with Crippen molar-refractivity contribution in [1.29, 1.82) is 0 Å². The van der Waals surface area contributed by atoms with E-state index in [4.69, 9.17) is 6.57 Å². The fourth-order valence-corrected chi connectivity index (χ4v) is 0.0913. The Balaban J connectivity index is 2.48. The summed E-state index contributed by atoms with van der Waals surface area (Å²) >= 11 is 0. The molecular formula is C4H6N-. The van der Waals surface area contributed by atoms with Gasteiger partial charge in [-0.15, -0.1) is 0 Å². The summed E-state index contributed by atoms with van der Waals surface area (Å²) in [6.45, 7) is 9.66. The van der Waals surface area contributed by atoms with Crippen LogP contribution in [0, 0.1) is 13.1 Å². The number of nitrogens with zero attached hydrogens (tertiary/aromatic N) is 1. The van der Waals surface area contributed by atoms with E-state index < -0.39 is 0 Å². The van der Waals surface area contributed by atoms with Crippen LogP contribution in [-0.2, 0) is 0 Å². The number of hydrogen-bond acceptors (Lipinski definition) is 0. The summed E-state index contributed by atoms with van der Waals surface area (Å²) in [7, 11) is 0. The van der Waals surface area contributed by atoms with E-state index in [1.807, 2.05) is 6.92 Å². The van der Waals surface area contributed by atoms with E-state index in [0.29, 0.717) is 0 Å². The maximum Gasteiger partial charge on any atom is -0.0412 e. The Morgan fingerprint density at radius 3 is 2.60 bits per heavy atom. The lowest BCUT2D eigenvalue weighted by molar-refractivity contribution is 1.15. The molecule has 0 atom stereocenters. The molecule has 28 valence electrons. The molecule has 0 amide bonds. The molecule has 0 aliphatic rings. The summed E-state index contributed by atoms with van der Waals surface area (Å²) in [5.41, 5.74) is 0. The standard InChI is InChI=1S/C4H6N/c1-3-4-5-2/h4H,3H2,1H3/q-1. The predicted octanol–water partition coefficient (Wildman–Crippen LogP) is 1.48. The Kier molecular flexibility index (Phi) is 2.93. The van der Waals surface area contributed by atoms with Crippen molar-refractivity contribution in [3.8, 4) is 0 Å². The van der Waals surface area contributed by atoms with E-state index in [-0.39, 0.29) is 0 Å². The Hall–Kier alpha value is -0.640. The Labute approximate surface area is 32.4 Å². The van der Waals surface area contributed by atoms with E-state index in [9.17, 15) is 0 Å². The quantitative estimate of drug-likeness (QED) is 0.410. The van der Waals surface area contributed by atoms with Crippen LogP contribution in [0.2, 0.25) is 0 Å². The third-order valence-electron chi connectivity index (χ3n) is 0.274. The molecule has 1 heteroatoms. The second-order valence-electron chi connectivity index (χ2n) is 0.720. The van der Waals surface area contributed by atoms with Crippen molar-refractivity contribution in [3.05, 3.63) is 18.0 Å². The van der Waals surface area contributed by atoms with Crippen molar-refractivity contribution in [2.45, 2.75) is 13.3 Å². The summed E-state index contributed by atoms with van der Waals surface area (Å²) in [5, 5.41) is 0. The van der Waals surface area contributed by atoms with Crippen LogP contribution in [0.15, 0.2) is 0 Å². The second-order valence-corrected chi connectivity index (χ2v) is 0.720. The number of hydrogen-bond donors (Lipinski definition) is 0. The first kappa shape index (κ1) is 4.36. The zero-order valence-electron chi connectivity index (χ0n) is 3.23. The molecule has 0 saturated carbocycles. The molecule has 5 heavy (non-hydrogen) atoms. The van der Waals surface area contributed by atoms with Gasteiger partial charge in [0.05, 0.1) is 0 Å². The van der Waals surface area contributed by atoms with Gasteiger partial charge in [-0.2, -0.15) is 0 Å². The largest absolute Gasteiger partial charge is 0.461 e. The molecule has 0 rings (SSSR count). The van der Waals surface area contributed by atoms with Crippen LogP contribution in [-0.4, -0.2) is 0 Å². The highest BCUT2D eigenvalue weighted by Gasteiger charge is 1.52. The normalized spacial score (nSPS) is 5.60. The Morgan fingerprint density at radius 2 is 2.60 bits per heavy atom. The van der Waals surface area contributed by atoms with Crippen LogP contribution < -0.4 is 0 Å². The molecule has 0 radical (unpaired) electrons. The van der Waals surface area contributed by atoms with Crippen LogP contribution >= 0.6 is 0 Å². The van der Waals surface area contributed by atoms with Crippen molar-refractivity contribution < 1.29 is 0 Å². The van der Waals surface area contributed by atoms with Gasteiger partial charge in [0, 0.05) is 0 Å². The van der Waals surface area contributed by atoms with Crippen LogP contribution in [0.3, 0.4) is 0 Å². The summed E-state index contributed by atoms with van der Waals surface area (Å²) in [5.74, 6) is 0. The topological polar surface area (TPSA) is 4.36 Å². The maximum absolute atomic E-state index is 6.17. The lowest BCUT2D eigenvalue weighted by Gasteiger charge is -1.81. The molecule has 0 N–H and O–H groups in total. The molecule has 0 aliphatic carbocycles. The third-order valence-corrected chi connectivity index (χ3v) is 0.274. The lowest BCUT2D eigenvalue weighted by atomic mass is 10.5. The Bertz CT molecular complexity index is 42.1. The van der Waals surface area contributed by atoms with Gasteiger partial charge in [-0.3, -0.25) is 6.57 Å². The number of rotatable bonds is 1. The van der Waals surface area contributed by atoms with Gasteiger partial charge in [0.2, 0.25) is 0 Å². The molecule has 0 saturated heterocycles. The monoisotopic (exact) mass is 68.1 g/mol. The van der Waals surface area contributed by atoms with Gasteiger partial charge >= 0.3 is 0 Å². The van der Waals surface area contributed by atoms with E-state index in [2.05, 4.69) is 4.85 Å². The van der Waals surface area contributed by atoms with E-state index >= 15 is 0 Å². The summed E-state index contributed by atoms with van der Waals surface area (Å²) < 4.78 is 0. The molecule has 0 fully saturated rings. The van der Waals surface area contributed by atoms with Crippen LogP contribution in [0.4, 0.5) is 0 Å². The highest BCUT2D eigenvalue weighted by molar-refractivity contribution is 4.71. The molecule has 0 heterocycles. The van der Waals surface area contributed by atoms with Crippen molar-refractivity contribution in [2.24, 2.45) is 0 Å². The van der Waals surface area contributed by atoms with Crippen molar-refractivity contribution >= 4 is 0 Å². The highest BCUT2D eigenvalue weighted by Crippen LogP contribution is 1.80. The van der Waals surface area contributed by atoms with E-state index in [0.717, 1.165) is 6.42 Å². The van der Waals surface area contributed by atoms with Crippen molar-refractivity contribution in [1.82, 2.24) is 0 Å². The van der Waals surface area contributed by atoms with Crippen LogP contribution in [0.5, 0.6) is 0 Å². The van der Waals surface area contributed by atoms with E-state index in [1.165, 1.54) is 0 Å². The van der Waals surface area contributed by atoms with E-state index in [1.54, 1.807) is 6.54 Å². The molecule has 0 aromatic carbocycles. The zero-order chi connectivity index (χ0) is 4.12. The third kappa shape index (κ3) is 3.36. The fourth-order valence-electron chi connectivity index (χ4n) is 0.0913. The predicted molar refractivity (Wildman–Crippen MR) is 21.2 cm³/mol. The van der Waals surface area contributed by atoms with Crippen molar-refractivity contribution in [2.75, 3.05) is 0 Å². The van der Waals surface area contributed by atoms with Crippen LogP contribution in [0.1, 0.15) is 13.3 Å². The van der Waals surface area contributed by atoms with Crippen molar-refractivity contribution in [3.63, 3.8) is 0 Å². The SMILES string of the molecule is [C-]#[N+][CH-]CC. The summed E-state index contributed by atoms with van der Waals surface area (Å²) in [6.07, 6.45) is 0.865. The first-order valence-corrected chi connectivity index (χ1v) is 1.60. The average Bonchev–Trinajstić information content (AvgIpc) is 1.41. The minimum atomic E-state index is 0.865. The molecule has 0 unspecified atom stereocenters. The van der Waals surface area contributed by atoms with Gasteiger partial charge < -0.3 is 4.85 Å². The molecular weight excluding hydrogens is 62.1 g/mol. The molecule has 0 aliphatic heterocycles. The Morgan fingerprint density at radius 1 is 2.00 bits per heavy atom. The van der Waals surface area contributed by atoms with Gasteiger partial charge in [0.1, 0.15) is 0 Å². The zero-order valence-corrected chi connectivity index (χ0v) is 3.23. The van der Waals surface area contributed by atoms with Crippen LogP contribution in [0.25, 0.3) is 4.85 Å². The van der Waals surface area contributed by atoms with Gasteiger partial charge in [-0.25, -0.2) is 0 Å². The second kappa shape index (κ2) is 3.36. The molecule has 0 bridgehead atoms. The highest BCUT2D eigenvalue weighted by atomic mass is 14.6. The molecule has 0 aromatic rings. The minimum Gasteiger partial charge on any atom is -0.461 e.